The SMILES string of the molecule is CCC[C@@H](N)C(=O)Nc1ccc([N+](=O)[O-])cc1C. The standard InChI is InChI=1S/C12H17N3O3/c1-3-4-10(13)12(16)14-11-6-5-9(15(17)18)7-8(11)2/h5-7,10H,3-4,13H2,1-2H3,(H,14,16)/t10-/m1/s1. The molecule has 0 aromatic heterocycles. The van der Waals surface area contributed by atoms with Crippen LogP contribution >= 0.6 is 0 Å². The Morgan fingerprint density at radius 1 is 1.56 bits per heavy atom. The third-order valence-electron chi connectivity index (χ3n) is 2.62. The van der Waals surface area contributed by atoms with E-state index in [9.17, 15) is 14.9 Å². The highest BCUT2D eigenvalue weighted by Gasteiger charge is 2.14. The van der Waals surface area contributed by atoms with Crippen LogP contribution < -0.4 is 11.1 Å². The van der Waals surface area contributed by atoms with Gasteiger partial charge in [0.2, 0.25) is 5.91 Å². The van der Waals surface area contributed by atoms with E-state index in [4.69, 9.17) is 5.73 Å². The average Bonchev–Trinajstić information content (AvgIpc) is 2.31. The highest BCUT2D eigenvalue weighted by atomic mass is 16.6. The minimum Gasteiger partial charge on any atom is -0.324 e. The number of nitrogens with zero attached hydrogens (tertiary/aromatic N) is 1. The second-order valence-corrected chi connectivity index (χ2v) is 4.14. The van der Waals surface area contributed by atoms with Gasteiger partial charge in [0.15, 0.2) is 0 Å². The fraction of sp³-hybridized carbons (Fsp3) is 0.417. The molecule has 1 aromatic rings. The number of carbonyl (C=O) groups excluding carboxylic acids is 1. The molecule has 6 nitrogen and oxygen atoms in total. The van der Waals surface area contributed by atoms with Crippen LogP contribution in [0, 0.1) is 17.0 Å². The molecule has 0 unspecified atom stereocenters. The molecule has 0 aliphatic heterocycles. The van der Waals surface area contributed by atoms with Crippen LogP contribution in [0.1, 0.15) is 25.3 Å². The lowest BCUT2D eigenvalue weighted by molar-refractivity contribution is -0.384. The van der Waals surface area contributed by atoms with Crippen LogP contribution in [-0.2, 0) is 4.79 Å². The Hall–Kier alpha value is -1.95. The molecule has 3 N–H and O–H groups in total. The third-order valence-corrected chi connectivity index (χ3v) is 2.62. The summed E-state index contributed by atoms with van der Waals surface area (Å²) in [7, 11) is 0. The first kappa shape index (κ1) is 14.1. The Labute approximate surface area is 105 Å². The highest BCUT2D eigenvalue weighted by Crippen LogP contribution is 2.21. The van der Waals surface area contributed by atoms with Gasteiger partial charge in [-0.15, -0.1) is 0 Å². The van der Waals surface area contributed by atoms with E-state index in [1.807, 2.05) is 6.92 Å². The van der Waals surface area contributed by atoms with E-state index in [0.717, 1.165) is 6.42 Å². The topological polar surface area (TPSA) is 98.3 Å². The maximum absolute atomic E-state index is 11.7. The maximum atomic E-state index is 11.7. The number of nitro benzene ring substituents is 1. The summed E-state index contributed by atoms with van der Waals surface area (Å²) < 4.78 is 0. The van der Waals surface area contributed by atoms with Crippen LogP contribution in [0.3, 0.4) is 0 Å². The van der Waals surface area contributed by atoms with Crippen molar-refractivity contribution >= 4 is 17.3 Å². The minimum absolute atomic E-state index is 0.00311. The Morgan fingerprint density at radius 2 is 2.22 bits per heavy atom. The van der Waals surface area contributed by atoms with Crippen LogP contribution in [0.4, 0.5) is 11.4 Å². The molecule has 0 fully saturated rings. The van der Waals surface area contributed by atoms with E-state index in [0.29, 0.717) is 17.7 Å². The molecule has 1 rings (SSSR count). The van der Waals surface area contributed by atoms with Crippen molar-refractivity contribution in [2.45, 2.75) is 32.7 Å². The zero-order valence-electron chi connectivity index (χ0n) is 10.5. The molecular formula is C12H17N3O3. The molecule has 1 aromatic carbocycles. The highest BCUT2D eigenvalue weighted by molar-refractivity contribution is 5.95. The molecule has 0 aliphatic carbocycles. The van der Waals surface area contributed by atoms with Crippen molar-refractivity contribution in [3.63, 3.8) is 0 Å². The van der Waals surface area contributed by atoms with Gasteiger partial charge in [-0.25, -0.2) is 0 Å². The molecule has 0 radical (unpaired) electrons. The fourth-order valence-corrected chi connectivity index (χ4v) is 1.57. The van der Waals surface area contributed by atoms with Gasteiger partial charge in [0, 0.05) is 17.8 Å². The van der Waals surface area contributed by atoms with Crippen LogP contribution in [0.15, 0.2) is 18.2 Å². The van der Waals surface area contributed by atoms with Crippen molar-refractivity contribution in [3.05, 3.63) is 33.9 Å². The quantitative estimate of drug-likeness (QED) is 0.617. The van der Waals surface area contributed by atoms with Gasteiger partial charge < -0.3 is 11.1 Å². The van der Waals surface area contributed by atoms with Crippen molar-refractivity contribution in [2.75, 3.05) is 5.32 Å². The lowest BCUT2D eigenvalue weighted by Gasteiger charge is -2.12. The molecule has 6 heteroatoms. The van der Waals surface area contributed by atoms with Gasteiger partial charge in [-0.3, -0.25) is 14.9 Å². The number of non-ortho nitro benzene ring substituents is 1. The van der Waals surface area contributed by atoms with Crippen LogP contribution in [0.2, 0.25) is 0 Å². The molecule has 0 saturated carbocycles. The first-order chi connectivity index (χ1) is 8.45. The smallest absolute Gasteiger partial charge is 0.269 e. The van der Waals surface area contributed by atoms with E-state index < -0.39 is 11.0 Å². The summed E-state index contributed by atoms with van der Waals surface area (Å²) >= 11 is 0. The van der Waals surface area contributed by atoms with Gasteiger partial charge in [0.05, 0.1) is 11.0 Å². The normalized spacial score (nSPS) is 11.9. The monoisotopic (exact) mass is 251 g/mol. The molecule has 0 spiro atoms. The number of hydrogen-bond acceptors (Lipinski definition) is 4. The predicted octanol–water partition coefficient (Wildman–Crippen LogP) is 1.97. The molecule has 98 valence electrons. The van der Waals surface area contributed by atoms with Gasteiger partial charge in [-0.05, 0) is 25.0 Å². The van der Waals surface area contributed by atoms with E-state index in [2.05, 4.69) is 5.32 Å². The molecule has 0 heterocycles. The second kappa shape index (κ2) is 6.11. The zero-order valence-corrected chi connectivity index (χ0v) is 10.5. The number of benzene rings is 1. The molecular weight excluding hydrogens is 234 g/mol. The molecule has 18 heavy (non-hydrogen) atoms. The molecule has 1 amide bonds. The Balaban J connectivity index is 2.79. The molecule has 1 atom stereocenters. The van der Waals surface area contributed by atoms with Gasteiger partial charge in [0.1, 0.15) is 0 Å². The summed E-state index contributed by atoms with van der Waals surface area (Å²) in [6, 6.07) is 3.74. The number of amides is 1. The average molecular weight is 251 g/mol. The van der Waals surface area contributed by atoms with Gasteiger partial charge >= 0.3 is 0 Å². The summed E-state index contributed by atoms with van der Waals surface area (Å²) in [5.41, 5.74) is 6.88. The number of nitro groups is 1. The summed E-state index contributed by atoms with van der Waals surface area (Å²) in [6.07, 6.45) is 1.44. The summed E-state index contributed by atoms with van der Waals surface area (Å²) in [4.78, 5) is 21.8. The lowest BCUT2D eigenvalue weighted by atomic mass is 10.1. The van der Waals surface area contributed by atoms with E-state index >= 15 is 0 Å². The molecule has 0 saturated heterocycles. The van der Waals surface area contributed by atoms with Crippen molar-refractivity contribution in [1.29, 1.82) is 0 Å². The second-order valence-electron chi connectivity index (χ2n) is 4.14. The summed E-state index contributed by atoms with van der Waals surface area (Å²) in [6.45, 7) is 3.65. The number of nitrogens with two attached hydrogens (primary N) is 1. The van der Waals surface area contributed by atoms with E-state index in [1.54, 1.807) is 6.92 Å². The molecule has 0 bridgehead atoms. The predicted molar refractivity (Wildman–Crippen MR) is 69.3 cm³/mol. The van der Waals surface area contributed by atoms with Crippen molar-refractivity contribution in [3.8, 4) is 0 Å². The number of nitrogens with one attached hydrogen (secondary N) is 1. The van der Waals surface area contributed by atoms with E-state index in [-0.39, 0.29) is 11.6 Å². The Kier molecular flexibility index (Phi) is 4.79. The van der Waals surface area contributed by atoms with E-state index in [1.165, 1.54) is 18.2 Å². The van der Waals surface area contributed by atoms with Crippen LogP contribution in [0.5, 0.6) is 0 Å². The van der Waals surface area contributed by atoms with Gasteiger partial charge in [0.25, 0.3) is 5.69 Å². The first-order valence-corrected chi connectivity index (χ1v) is 5.77. The molecule has 0 aliphatic rings. The Bertz CT molecular complexity index is 460. The van der Waals surface area contributed by atoms with Crippen molar-refractivity contribution in [1.82, 2.24) is 0 Å². The van der Waals surface area contributed by atoms with Crippen LogP contribution in [-0.4, -0.2) is 16.9 Å². The maximum Gasteiger partial charge on any atom is 0.269 e. The van der Waals surface area contributed by atoms with Gasteiger partial charge in [-0.1, -0.05) is 13.3 Å². The van der Waals surface area contributed by atoms with Crippen molar-refractivity contribution in [2.24, 2.45) is 5.73 Å². The summed E-state index contributed by atoms with van der Waals surface area (Å²) in [5.74, 6) is -0.270. The fourth-order valence-electron chi connectivity index (χ4n) is 1.57. The first-order valence-electron chi connectivity index (χ1n) is 5.77. The lowest BCUT2D eigenvalue weighted by Crippen LogP contribution is -2.35. The van der Waals surface area contributed by atoms with Crippen LogP contribution in [0.25, 0.3) is 0 Å². The number of hydrogen-bond donors (Lipinski definition) is 2. The third kappa shape index (κ3) is 3.53. The Morgan fingerprint density at radius 3 is 2.72 bits per heavy atom. The van der Waals surface area contributed by atoms with Crippen molar-refractivity contribution < 1.29 is 9.72 Å². The number of anilines is 1. The summed E-state index contributed by atoms with van der Waals surface area (Å²) in [5, 5.41) is 13.3. The zero-order chi connectivity index (χ0) is 13.7. The minimum atomic E-state index is -0.551. The largest absolute Gasteiger partial charge is 0.324 e. The number of rotatable bonds is 5. The number of aryl methyl sites for hydroxylation is 1. The number of carbonyl (C=O) groups is 1. The van der Waals surface area contributed by atoms with Gasteiger partial charge in [-0.2, -0.15) is 0 Å².